The molecule has 1 saturated carbocycles. The second kappa shape index (κ2) is 8.34. The van der Waals surface area contributed by atoms with Gasteiger partial charge in [0.05, 0.1) is 4.90 Å². The summed E-state index contributed by atoms with van der Waals surface area (Å²) >= 11 is 0. The van der Waals surface area contributed by atoms with E-state index in [0.717, 1.165) is 45.6 Å². The second-order valence-electron chi connectivity index (χ2n) is 10.0. The van der Waals surface area contributed by atoms with Gasteiger partial charge in [0, 0.05) is 26.2 Å². The summed E-state index contributed by atoms with van der Waals surface area (Å²) in [5.74, 6) is -0.584. The maximum atomic E-state index is 13.5. The summed E-state index contributed by atoms with van der Waals surface area (Å²) < 4.78 is 28.5. The van der Waals surface area contributed by atoms with Crippen LogP contribution in [0.3, 0.4) is 0 Å². The molecule has 1 aromatic carbocycles. The Balaban J connectivity index is 1.44. The van der Waals surface area contributed by atoms with Gasteiger partial charge in [0.2, 0.25) is 15.9 Å². The lowest BCUT2D eigenvalue weighted by molar-refractivity contribution is -0.139. The number of piperazine rings is 1. The maximum absolute atomic E-state index is 13.5. The van der Waals surface area contributed by atoms with E-state index >= 15 is 0 Å². The first-order valence-electron chi connectivity index (χ1n) is 11.8. The number of sulfonamides is 1. The van der Waals surface area contributed by atoms with Gasteiger partial charge in [-0.05, 0) is 88.1 Å². The summed E-state index contributed by atoms with van der Waals surface area (Å²) in [7, 11) is -3.73. The number of nitrogens with zero attached hydrogens (tertiary/aromatic N) is 3. The van der Waals surface area contributed by atoms with E-state index in [4.69, 9.17) is 0 Å². The van der Waals surface area contributed by atoms with E-state index in [1.165, 1.54) is 9.21 Å². The van der Waals surface area contributed by atoms with Crippen LogP contribution < -0.4 is 5.32 Å². The van der Waals surface area contributed by atoms with Crippen LogP contribution in [-0.4, -0.2) is 78.6 Å². The van der Waals surface area contributed by atoms with Crippen LogP contribution in [0.25, 0.3) is 0 Å². The lowest BCUT2D eigenvalue weighted by Crippen LogP contribution is -2.53. The molecule has 4 rings (SSSR count). The fourth-order valence-corrected chi connectivity index (χ4v) is 7.17. The first kappa shape index (κ1) is 24.7. The highest BCUT2D eigenvalue weighted by atomic mass is 32.2. The van der Waals surface area contributed by atoms with Gasteiger partial charge in [0.15, 0.2) is 0 Å². The molecule has 10 heteroatoms. The van der Waals surface area contributed by atoms with Crippen LogP contribution >= 0.6 is 0 Å². The molecule has 1 unspecified atom stereocenters. The van der Waals surface area contributed by atoms with Crippen molar-refractivity contribution in [3.8, 4) is 0 Å². The van der Waals surface area contributed by atoms with E-state index in [1.807, 2.05) is 34.6 Å². The molecule has 2 heterocycles. The molecule has 2 saturated heterocycles. The first-order chi connectivity index (χ1) is 15.8. The SMILES string of the molecule is Cc1c(C)c(C)c(S(=O)(=O)N2CCN(C(=O)CN3C(=O)NC(C)(C4CC4)C3=O)CC2)c(C)c1C. The van der Waals surface area contributed by atoms with Gasteiger partial charge >= 0.3 is 6.03 Å². The maximum Gasteiger partial charge on any atom is 0.325 e. The fraction of sp³-hybridized carbons (Fsp3) is 0.625. The van der Waals surface area contributed by atoms with Gasteiger partial charge < -0.3 is 10.2 Å². The van der Waals surface area contributed by atoms with Crippen LogP contribution in [0.15, 0.2) is 4.90 Å². The van der Waals surface area contributed by atoms with Crippen LogP contribution in [0.4, 0.5) is 4.79 Å². The summed E-state index contributed by atoms with van der Waals surface area (Å²) in [6.45, 7) is 11.7. The van der Waals surface area contributed by atoms with Gasteiger partial charge in [-0.25, -0.2) is 13.2 Å². The number of urea groups is 1. The minimum atomic E-state index is -3.73. The molecular formula is C24H34N4O5S. The van der Waals surface area contributed by atoms with Crippen LogP contribution in [0.5, 0.6) is 0 Å². The third-order valence-corrected chi connectivity index (χ3v) is 10.3. The molecule has 0 bridgehead atoms. The molecule has 9 nitrogen and oxygen atoms in total. The third kappa shape index (κ3) is 3.80. The molecule has 34 heavy (non-hydrogen) atoms. The molecule has 1 N–H and O–H groups in total. The van der Waals surface area contributed by atoms with E-state index in [9.17, 15) is 22.8 Å². The highest BCUT2D eigenvalue weighted by molar-refractivity contribution is 7.89. The molecule has 1 atom stereocenters. The smallest absolute Gasteiger partial charge is 0.325 e. The molecule has 3 aliphatic rings. The van der Waals surface area contributed by atoms with E-state index in [1.54, 1.807) is 6.92 Å². The van der Waals surface area contributed by atoms with E-state index in [-0.39, 0.29) is 50.5 Å². The number of benzene rings is 1. The van der Waals surface area contributed by atoms with Crippen molar-refractivity contribution in [3.63, 3.8) is 0 Å². The Morgan fingerprint density at radius 2 is 1.41 bits per heavy atom. The minimum absolute atomic E-state index is 0.124. The summed E-state index contributed by atoms with van der Waals surface area (Å²) in [5, 5.41) is 2.75. The van der Waals surface area contributed by atoms with Gasteiger partial charge in [0.1, 0.15) is 12.1 Å². The van der Waals surface area contributed by atoms with Crippen molar-refractivity contribution in [1.29, 1.82) is 0 Å². The van der Waals surface area contributed by atoms with E-state index in [0.29, 0.717) is 4.90 Å². The van der Waals surface area contributed by atoms with Gasteiger partial charge in [0.25, 0.3) is 5.91 Å². The quantitative estimate of drug-likeness (QED) is 0.633. The number of amides is 4. The van der Waals surface area contributed by atoms with E-state index in [2.05, 4.69) is 5.32 Å². The Bertz CT molecular complexity index is 1150. The number of hydrogen-bond acceptors (Lipinski definition) is 5. The molecule has 0 aromatic heterocycles. The monoisotopic (exact) mass is 490 g/mol. The van der Waals surface area contributed by atoms with Crippen LogP contribution in [0.1, 0.15) is 47.6 Å². The average molecular weight is 491 g/mol. The van der Waals surface area contributed by atoms with Gasteiger partial charge in [-0.2, -0.15) is 4.31 Å². The highest BCUT2D eigenvalue weighted by Crippen LogP contribution is 2.42. The van der Waals surface area contributed by atoms with Gasteiger partial charge in [-0.3, -0.25) is 14.5 Å². The zero-order valence-electron chi connectivity index (χ0n) is 20.8. The van der Waals surface area contributed by atoms with Crippen molar-refractivity contribution in [3.05, 3.63) is 27.8 Å². The highest BCUT2D eigenvalue weighted by Gasteiger charge is 2.56. The zero-order valence-corrected chi connectivity index (χ0v) is 21.6. The Labute approximate surface area is 201 Å². The standard InChI is InChI=1S/C24H34N4O5S/c1-14-15(2)17(4)21(18(5)16(14)3)34(32,33)27-11-9-26(10-12-27)20(29)13-28-22(30)24(6,19-7-8-19)25-23(28)31/h19H,7-13H2,1-6H3,(H,25,31). The predicted molar refractivity (Wildman–Crippen MR) is 127 cm³/mol. The van der Waals surface area contributed by atoms with Crippen molar-refractivity contribution in [2.75, 3.05) is 32.7 Å². The molecule has 186 valence electrons. The average Bonchev–Trinajstić information content (AvgIpc) is 3.62. The van der Waals surface area contributed by atoms with Crippen molar-refractivity contribution in [2.45, 2.75) is 64.8 Å². The molecule has 0 spiro atoms. The number of hydrogen-bond donors (Lipinski definition) is 1. The lowest BCUT2D eigenvalue weighted by atomic mass is 9.95. The molecule has 4 amide bonds. The summed E-state index contributed by atoms with van der Waals surface area (Å²) in [6.07, 6.45) is 1.78. The van der Waals surface area contributed by atoms with Gasteiger partial charge in [-0.1, -0.05) is 0 Å². The fourth-order valence-electron chi connectivity index (χ4n) is 5.19. The number of imide groups is 1. The molecular weight excluding hydrogens is 456 g/mol. The van der Waals surface area contributed by atoms with Crippen LogP contribution in [0, 0.1) is 40.5 Å². The Hall–Kier alpha value is -2.46. The molecule has 2 aliphatic heterocycles. The number of rotatable bonds is 5. The summed E-state index contributed by atoms with van der Waals surface area (Å²) in [6, 6.07) is -0.537. The molecule has 1 aromatic rings. The van der Waals surface area contributed by atoms with Crippen molar-refractivity contribution < 1.29 is 22.8 Å². The minimum Gasteiger partial charge on any atom is -0.338 e. The Morgan fingerprint density at radius 1 is 0.912 bits per heavy atom. The summed E-state index contributed by atoms with van der Waals surface area (Å²) in [5.41, 5.74) is 3.64. The lowest BCUT2D eigenvalue weighted by Gasteiger charge is -2.35. The number of nitrogens with one attached hydrogen (secondary N) is 1. The largest absolute Gasteiger partial charge is 0.338 e. The van der Waals surface area contributed by atoms with Crippen molar-refractivity contribution in [2.24, 2.45) is 5.92 Å². The predicted octanol–water partition coefficient (Wildman–Crippen LogP) is 1.78. The summed E-state index contributed by atoms with van der Waals surface area (Å²) in [4.78, 5) is 40.9. The molecule has 0 radical (unpaired) electrons. The topological polar surface area (TPSA) is 107 Å². The molecule has 3 fully saturated rings. The van der Waals surface area contributed by atoms with E-state index < -0.39 is 21.6 Å². The Morgan fingerprint density at radius 3 is 1.91 bits per heavy atom. The Kier molecular flexibility index (Phi) is 6.05. The first-order valence-corrected chi connectivity index (χ1v) is 13.2. The third-order valence-electron chi connectivity index (χ3n) is 8.11. The van der Waals surface area contributed by atoms with Crippen LogP contribution in [0.2, 0.25) is 0 Å². The van der Waals surface area contributed by atoms with Crippen molar-refractivity contribution in [1.82, 2.24) is 19.4 Å². The number of carbonyl (C=O) groups is 3. The van der Waals surface area contributed by atoms with Gasteiger partial charge in [-0.15, -0.1) is 0 Å². The van der Waals surface area contributed by atoms with Crippen LogP contribution in [-0.2, 0) is 19.6 Å². The zero-order chi connectivity index (χ0) is 25.2. The van der Waals surface area contributed by atoms with Crippen molar-refractivity contribution >= 4 is 27.9 Å². The second-order valence-corrected chi connectivity index (χ2v) is 11.9. The molecule has 1 aliphatic carbocycles. The number of carbonyl (C=O) groups excluding carboxylic acids is 3. The normalized spacial score (nSPS) is 24.1.